The van der Waals surface area contributed by atoms with Gasteiger partial charge in [0.1, 0.15) is 0 Å². The van der Waals surface area contributed by atoms with E-state index in [0.29, 0.717) is 0 Å². The van der Waals surface area contributed by atoms with Crippen LogP contribution in [0.1, 0.15) is 70.6 Å². The van der Waals surface area contributed by atoms with Gasteiger partial charge in [0.15, 0.2) is 0 Å². The minimum absolute atomic E-state index is 0.261. The number of carbonyl (C=O) groups is 1. The molecule has 1 aliphatic carbocycles. The molecule has 0 bridgehead atoms. The fourth-order valence-corrected chi connectivity index (χ4v) is 2.85. The molecule has 1 rings (SSSR count). The molecule has 16 heavy (non-hydrogen) atoms. The van der Waals surface area contributed by atoms with Crippen LogP contribution in [0.5, 0.6) is 0 Å². The van der Waals surface area contributed by atoms with Gasteiger partial charge in [0, 0.05) is 0 Å². The standard InChI is InChI=1S/C13H25NO.Ti/c14-13(15)12-10-8-6-4-2-1-3-5-7-9-11-12;/h12H,1-11H2,(H2,14,15);/q;+1/p-1. The van der Waals surface area contributed by atoms with Crippen molar-refractivity contribution >= 4 is 5.91 Å². The summed E-state index contributed by atoms with van der Waals surface area (Å²) in [6.07, 6.45) is 14.2. The Morgan fingerprint density at radius 1 is 0.812 bits per heavy atom. The van der Waals surface area contributed by atoms with Gasteiger partial charge in [-0.2, -0.15) is 0 Å². The van der Waals surface area contributed by atoms with Crippen LogP contribution in [0.15, 0.2) is 0 Å². The molecule has 1 saturated carbocycles. The molecule has 0 saturated heterocycles. The third-order valence-corrected chi connectivity index (χ3v) is 3.98. The summed E-state index contributed by atoms with van der Waals surface area (Å²) in [6, 6.07) is 0. The Kier molecular flexibility index (Phi) is 8.23. The van der Waals surface area contributed by atoms with Crippen LogP contribution in [0, 0.1) is 5.92 Å². The van der Waals surface area contributed by atoms with Crippen LogP contribution in [0.2, 0.25) is 0 Å². The van der Waals surface area contributed by atoms with Crippen LogP contribution >= 0.6 is 0 Å². The maximum atomic E-state index is 11.7. The van der Waals surface area contributed by atoms with Crippen LogP contribution in [0.25, 0.3) is 0 Å². The summed E-state index contributed by atoms with van der Waals surface area (Å²) in [5.41, 5.74) is 0. The van der Waals surface area contributed by atoms with Gasteiger partial charge in [-0.1, -0.05) is 0 Å². The second kappa shape index (κ2) is 9.24. The van der Waals surface area contributed by atoms with E-state index in [2.05, 4.69) is 3.80 Å². The molecule has 3 heteroatoms. The molecule has 1 N–H and O–H groups in total. The van der Waals surface area contributed by atoms with Crippen molar-refractivity contribution in [2.75, 3.05) is 0 Å². The van der Waals surface area contributed by atoms with Crippen LogP contribution < -0.4 is 3.80 Å². The molecular weight excluding hydrogens is 234 g/mol. The van der Waals surface area contributed by atoms with Crippen LogP contribution in [-0.2, 0) is 25.5 Å². The fraction of sp³-hybridized carbons (Fsp3) is 0.923. The quantitative estimate of drug-likeness (QED) is 0.717. The molecule has 1 aliphatic rings. The molecule has 0 heterocycles. The van der Waals surface area contributed by atoms with Crippen molar-refractivity contribution in [2.24, 2.45) is 5.92 Å². The van der Waals surface area contributed by atoms with E-state index in [1.807, 2.05) is 0 Å². The monoisotopic (exact) mass is 258 g/mol. The summed E-state index contributed by atoms with van der Waals surface area (Å²) in [4.78, 5) is 11.7. The Hall–Kier alpha value is 0.184. The first kappa shape index (κ1) is 14.2. The normalized spacial score (nSPS) is 21.7. The van der Waals surface area contributed by atoms with E-state index in [-0.39, 0.29) is 11.8 Å². The van der Waals surface area contributed by atoms with Gasteiger partial charge in [-0.05, 0) is 0 Å². The van der Waals surface area contributed by atoms with E-state index in [9.17, 15) is 4.79 Å². The van der Waals surface area contributed by atoms with Crippen molar-refractivity contribution in [3.05, 3.63) is 0 Å². The van der Waals surface area contributed by atoms with E-state index in [0.717, 1.165) is 12.8 Å². The fourth-order valence-electron chi connectivity index (χ4n) is 2.53. The van der Waals surface area contributed by atoms with Gasteiger partial charge in [-0.15, -0.1) is 0 Å². The van der Waals surface area contributed by atoms with Gasteiger partial charge in [0.25, 0.3) is 0 Å². The first-order valence-corrected chi connectivity index (χ1v) is 7.59. The number of hydrogen-bond donors (Lipinski definition) is 1. The second-order valence-electron chi connectivity index (χ2n) is 4.95. The maximum absolute atomic E-state index is 11.7. The third kappa shape index (κ3) is 6.05. The number of hydrogen-bond acceptors (Lipinski definition) is 1. The molecule has 0 aromatic rings. The average Bonchev–Trinajstić information content (AvgIpc) is 2.29. The zero-order valence-electron chi connectivity index (χ0n) is 10.3. The zero-order valence-corrected chi connectivity index (χ0v) is 11.8. The molecule has 0 aromatic heterocycles. The van der Waals surface area contributed by atoms with Crippen LogP contribution in [0.3, 0.4) is 0 Å². The van der Waals surface area contributed by atoms with E-state index >= 15 is 0 Å². The molecule has 0 unspecified atom stereocenters. The van der Waals surface area contributed by atoms with Crippen molar-refractivity contribution in [3.63, 3.8) is 0 Å². The Balaban J connectivity index is 2.33. The van der Waals surface area contributed by atoms with Crippen molar-refractivity contribution in [1.82, 2.24) is 3.80 Å². The van der Waals surface area contributed by atoms with Gasteiger partial charge in [-0.3, -0.25) is 0 Å². The Bertz CT molecular complexity index is 184. The van der Waals surface area contributed by atoms with Gasteiger partial charge >= 0.3 is 112 Å². The molecule has 91 valence electrons. The number of carbonyl (C=O) groups excluding carboxylic acids is 1. The van der Waals surface area contributed by atoms with Crippen molar-refractivity contribution in [3.8, 4) is 0 Å². The molecule has 0 aliphatic heterocycles. The summed E-state index contributed by atoms with van der Waals surface area (Å²) in [7, 11) is 0. The van der Waals surface area contributed by atoms with E-state index in [4.69, 9.17) is 0 Å². The van der Waals surface area contributed by atoms with Gasteiger partial charge in [0.2, 0.25) is 0 Å². The minimum atomic E-state index is 0.261. The van der Waals surface area contributed by atoms with E-state index in [1.54, 1.807) is 20.7 Å². The first-order chi connectivity index (χ1) is 7.84. The van der Waals surface area contributed by atoms with Gasteiger partial charge in [-0.25, -0.2) is 0 Å². The number of rotatable bonds is 1. The molecule has 0 radical (unpaired) electrons. The zero-order chi connectivity index (χ0) is 11.6. The molecule has 1 amide bonds. The predicted molar refractivity (Wildman–Crippen MR) is 62.4 cm³/mol. The summed E-state index contributed by atoms with van der Waals surface area (Å²) < 4.78 is 2.81. The van der Waals surface area contributed by atoms with Crippen LogP contribution in [-0.4, -0.2) is 5.91 Å². The van der Waals surface area contributed by atoms with Crippen molar-refractivity contribution in [1.29, 1.82) is 0 Å². The molecule has 2 nitrogen and oxygen atoms in total. The van der Waals surface area contributed by atoms with E-state index in [1.165, 1.54) is 57.8 Å². The Labute approximate surface area is 112 Å². The van der Waals surface area contributed by atoms with Crippen molar-refractivity contribution in [2.45, 2.75) is 70.6 Å². The first-order valence-electron chi connectivity index (χ1n) is 6.81. The second-order valence-corrected chi connectivity index (χ2v) is 5.34. The summed E-state index contributed by atoms with van der Waals surface area (Å²) in [5, 5.41) is 0. The number of amides is 1. The predicted octanol–water partition coefficient (Wildman–Crippen LogP) is 3.49. The Morgan fingerprint density at radius 2 is 1.19 bits per heavy atom. The average molecular weight is 258 g/mol. The van der Waals surface area contributed by atoms with Gasteiger partial charge in [0.05, 0.1) is 0 Å². The summed E-state index contributed by atoms with van der Waals surface area (Å²) >= 11 is 1.76. The third-order valence-electron chi connectivity index (χ3n) is 3.60. The topological polar surface area (TPSA) is 29.1 Å². The van der Waals surface area contributed by atoms with Crippen molar-refractivity contribution < 1.29 is 25.5 Å². The number of nitrogens with one attached hydrogen (secondary N) is 1. The Morgan fingerprint density at radius 3 is 1.56 bits per heavy atom. The summed E-state index contributed by atoms with van der Waals surface area (Å²) in [5.74, 6) is 0.543. The SMILES string of the molecule is O=C([NH][Ti])C1CCCCCCCCCCC1. The van der Waals surface area contributed by atoms with E-state index < -0.39 is 0 Å². The molecule has 1 fully saturated rings. The summed E-state index contributed by atoms with van der Waals surface area (Å²) in [6.45, 7) is 0. The van der Waals surface area contributed by atoms with Crippen LogP contribution in [0.4, 0.5) is 0 Å². The molecular formula is C13H24NOTi. The molecule has 0 atom stereocenters. The molecule has 0 spiro atoms. The van der Waals surface area contributed by atoms with Gasteiger partial charge < -0.3 is 0 Å². The molecule has 0 aromatic carbocycles.